The van der Waals surface area contributed by atoms with E-state index in [1.165, 1.54) is 302 Å². The molecular formula is C78H143NO3. The maximum Gasteiger partial charge on any atom is 0.220 e. The summed E-state index contributed by atoms with van der Waals surface area (Å²) in [6, 6.07) is -0.649. The van der Waals surface area contributed by atoms with Crippen molar-refractivity contribution in [1.82, 2.24) is 5.32 Å². The van der Waals surface area contributed by atoms with E-state index in [0.29, 0.717) is 6.42 Å². The molecule has 0 spiro atoms. The molecule has 0 radical (unpaired) electrons. The van der Waals surface area contributed by atoms with Crippen molar-refractivity contribution in [3.05, 3.63) is 85.1 Å². The van der Waals surface area contributed by atoms with Crippen LogP contribution in [0.3, 0.4) is 0 Å². The summed E-state index contributed by atoms with van der Waals surface area (Å²) in [5.74, 6) is -0.0723. The van der Waals surface area contributed by atoms with Gasteiger partial charge in [0, 0.05) is 6.42 Å². The van der Waals surface area contributed by atoms with Gasteiger partial charge in [-0.15, -0.1) is 0 Å². The highest BCUT2D eigenvalue weighted by Crippen LogP contribution is 2.19. The van der Waals surface area contributed by atoms with Crippen molar-refractivity contribution >= 4 is 5.91 Å². The molecule has 3 N–H and O–H groups in total. The molecule has 0 aliphatic rings. The van der Waals surface area contributed by atoms with Gasteiger partial charge in [0.15, 0.2) is 0 Å². The highest BCUT2D eigenvalue weighted by molar-refractivity contribution is 5.76. The summed E-state index contributed by atoms with van der Waals surface area (Å²) in [5, 5.41) is 23.3. The predicted octanol–water partition coefficient (Wildman–Crippen LogP) is 25.4. The summed E-state index contributed by atoms with van der Waals surface area (Å²) in [7, 11) is 0. The minimum Gasteiger partial charge on any atom is -0.394 e. The number of carbonyl (C=O) groups is 1. The van der Waals surface area contributed by atoms with Gasteiger partial charge in [-0.05, 0) is 83.5 Å². The molecule has 0 rings (SSSR count). The van der Waals surface area contributed by atoms with Crippen molar-refractivity contribution in [3.8, 4) is 0 Å². The van der Waals surface area contributed by atoms with Crippen LogP contribution in [0.25, 0.3) is 0 Å². The van der Waals surface area contributed by atoms with Crippen molar-refractivity contribution in [2.24, 2.45) is 0 Å². The Morgan fingerprint density at radius 2 is 0.549 bits per heavy atom. The van der Waals surface area contributed by atoms with Gasteiger partial charge in [0.25, 0.3) is 0 Å². The van der Waals surface area contributed by atoms with Crippen molar-refractivity contribution < 1.29 is 15.0 Å². The first kappa shape index (κ1) is 79.6. The summed E-state index contributed by atoms with van der Waals surface area (Å²) >= 11 is 0. The van der Waals surface area contributed by atoms with Crippen LogP contribution in [0.2, 0.25) is 0 Å². The molecule has 0 bridgehead atoms. The van der Waals surface area contributed by atoms with E-state index in [1.54, 1.807) is 6.08 Å². The van der Waals surface area contributed by atoms with Gasteiger partial charge in [-0.1, -0.05) is 381 Å². The fraction of sp³-hybridized carbons (Fsp3) is 0.808. The predicted molar refractivity (Wildman–Crippen MR) is 368 cm³/mol. The number of rotatable bonds is 68. The third-order valence-electron chi connectivity index (χ3n) is 16.8. The first-order valence-electron chi connectivity index (χ1n) is 36.8. The largest absolute Gasteiger partial charge is 0.394 e. The van der Waals surface area contributed by atoms with Crippen LogP contribution in [0, 0.1) is 0 Å². The Morgan fingerprint density at radius 1 is 0.305 bits per heavy atom. The Hall–Kier alpha value is -2.43. The van der Waals surface area contributed by atoms with Gasteiger partial charge in [-0.25, -0.2) is 0 Å². The third kappa shape index (κ3) is 68.4. The first-order valence-corrected chi connectivity index (χ1v) is 36.8. The zero-order valence-corrected chi connectivity index (χ0v) is 55.3. The number of nitrogens with one attached hydrogen (secondary N) is 1. The van der Waals surface area contributed by atoms with Gasteiger partial charge >= 0.3 is 0 Å². The standard InChI is InChI=1S/C78H143NO3/c1-3-5-7-9-11-13-15-17-19-21-23-25-27-29-31-33-35-37-38-39-40-42-44-46-48-50-52-54-56-58-60-62-64-66-68-70-72-74-78(82)79-76(75-80)77(81)73-71-69-67-65-63-61-59-57-55-53-51-49-47-45-43-41-36-34-32-30-28-26-24-22-20-18-16-14-12-10-8-6-4-2/h5,7,11,13,17,19,23,25,55,57,63,65,71,73,76-77,80-81H,3-4,6,8-10,12,14-16,18,20-22,24,26-54,56,58-62,64,66-70,72,74-75H2,1-2H3,(H,79,82)/b7-5-,13-11-,19-17-,25-23-,57-55+,65-63+,73-71+. The monoisotopic (exact) mass is 1140 g/mol. The maximum atomic E-state index is 12.5. The van der Waals surface area contributed by atoms with E-state index >= 15 is 0 Å². The Bertz CT molecular complexity index is 1440. The molecule has 0 saturated heterocycles. The molecule has 4 nitrogen and oxygen atoms in total. The van der Waals surface area contributed by atoms with Crippen LogP contribution in [0.1, 0.15) is 386 Å². The summed E-state index contributed by atoms with van der Waals surface area (Å²) in [6.07, 6.45) is 107. The number of aliphatic hydroxyl groups excluding tert-OH is 2. The molecule has 82 heavy (non-hydrogen) atoms. The fourth-order valence-electron chi connectivity index (χ4n) is 11.3. The second-order valence-electron chi connectivity index (χ2n) is 25.0. The van der Waals surface area contributed by atoms with Crippen molar-refractivity contribution in [2.75, 3.05) is 6.61 Å². The van der Waals surface area contributed by atoms with E-state index in [2.05, 4.69) is 92.1 Å². The molecule has 0 aromatic carbocycles. The third-order valence-corrected chi connectivity index (χ3v) is 16.8. The molecule has 0 aromatic heterocycles. The molecule has 0 saturated carbocycles. The van der Waals surface area contributed by atoms with Crippen molar-refractivity contribution in [2.45, 2.75) is 398 Å². The second-order valence-corrected chi connectivity index (χ2v) is 25.0. The van der Waals surface area contributed by atoms with E-state index in [-0.39, 0.29) is 12.5 Å². The SMILES string of the molecule is CC/C=C\C/C=C\C/C=C\C/C=C\CCCCCCCCCCCCCCCCCCCCCCCCCCC(=O)NC(CO)C(O)/C=C/CC/C=C/CC/C=C/CCCCCCCCCCCCCCCCCCCCCCCCC. The molecule has 4 heteroatoms. The lowest BCUT2D eigenvalue weighted by molar-refractivity contribution is -0.123. The van der Waals surface area contributed by atoms with E-state index in [9.17, 15) is 15.0 Å². The number of amides is 1. The summed E-state index contributed by atoms with van der Waals surface area (Å²) < 4.78 is 0. The Balaban J connectivity index is 3.47. The normalized spacial score (nSPS) is 13.2. The lowest BCUT2D eigenvalue weighted by Crippen LogP contribution is -2.45. The van der Waals surface area contributed by atoms with Crippen LogP contribution in [0.15, 0.2) is 85.1 Å². The topological polar surface area (TPSA) is 69.6 Å². The highest BCUT2D eigenvalue weighted by Gasteiger charge is 2.18. The molecule has 0 aromatic rings. The Labute approximate surface area is 513 Å². The zero-order valence-electron chi connectivity index (χ0n) is 55.3. The van der Waals surface area contributed by atoms with Crippen LogP contribution in [-0.4, -0.2) is 34.9 Å². The molecular weight excluding hydrogens is 999 g/mol. The zero-order chi connectivity index (χ0) is 59.1. The number of hydrogen-bond acceptors (Lipinski definition) is 3. The Morgan fingerprint density at radius 3 is 0.854 bits per heavy atom. The molecule has 0 aliphatic carbocycles. The molecule has 0 heterocycles. The molecule has 0 aliphatic heterocycles. The minimum atomic E-state index is -0.874. The fourth-order valence-corrected chi connectivity index (χ4v) is 11.3. The van der Waals surface area contributed by atoms with E-state index in [4.69, 9.17) is 0 Å². The van der Waals surface area contributed by atoms with Crippen LogP contribution in [0.4, 0.5) is 0 Å². The molecule has 1 amide bonds. The minimum absolute atomic E-state index is 0.0723. The van der Waals surface area contributed by atoms with Gasteiger partial charge in [0.1, 0.15) is 0 Å². The average Bonchev–Trinajstić information content (AvgIpc) is 3.50. The number of allylic oxidation sites excluding steroid dienone is 13. The molecule has 0 fully saturated rings. The van der Waals surface area contributed by atoms with Crippen LogP contribution < -0.4 is 5.32 Å². The van der Waals surface area contributed by atoms with Crippen molar-refractivity contribution in [1.29, 1.82) is 0 Å². The van der Waals surface area contributed by atoms with Crippen LogP contribution >= 0.6 is 0 Å². The number of hydrogen-bond donors (Lipinski definition) is 3. The van der Waals surface area contributed by atoms with Crippen LogP contribution in [-0.2, 0) is 4.79 Å². The van der Waals surface area contributed by atoms with Gasteiger partial charge in [-0.2, -0.15) is 0 Å². The van der Waals surface area contributed by atoms with Crippen molar-refractivity contribution in [3.63, 3.8) is 0 Å². The number of carbonyl (C=O) groups excluding carboxylic acids is 1. The van der Waals surface area contributed by atoms with Gasteiger partial charge in [0.2, 0.25) is 5.91 Å². The summed E-state index contributed by atoms with van der Waals surface area (Å²) in [4.78, 5) is 12.5. The van der Waals surface area contributed by atoms with E-state index in [0.717, 1.165) is 64.2 Å². The molecule has 2 unspecified atom stereocenters. The van der Waals surface area contributed by atoms with Gasteiger partial charge < -0.3 is 15.5 Å². The number of unbranched alkanes of at least 4 members (excludes halogenated alkanes) is 49. The van der Waals surface area contributed by atoms with E-state index < -0.39 is 12.1 Å². The summed E-state index contributed by atoms with van der Waals surface area (Å²) in [5.41, 5.74) is 0. The van der Waals surface area contributed by atoms with E-state index in [1.807, 2.05) is 6.08 Å². The lowest BCUT2D eigenvalue weighted by atomic mass is 10.0. The highest BCUT2D eigenvalue weighted by atomic mass is 16.3. The van der Waals surface area contributed by atoms with Gasteiger partial charge in [0.05, 0.1) is 18.8 Å². The molecule has 478 valence electrons. The second kappa shape index (κ2) is 72.8. The smallest absolute Gasteiger partial charge is 0.220 e. The van der Waals surface area contributed by atoms with Gasteiger partial charge in [-0.3, -0.25) is 4.79 Å². The average molecular weight is 1140 g/mol. The quantitative estimate of drug-likeness (QED) is 0.0420. The molecule has 2 atom stereocenters. The maximum absolute atomic E-state index is 12.5. The van der Waals surface area contributed by atoms with Crippen LogP contribution in [0.5, 0.6) is 0 Å². The lowest BCUT2D eigenvalue weighted by Gasteiger charge is -2.19. The number of aliphatic hydroxyl groups is 2. The summed E-state index contributed by atoms with van der Waals surface area (Å²) in [6.45, 7) is 4.22. The first-order chi connectivity index (χ1) is 40.7. The Kier molecular flexibility index (Phi) is 70.7.